The second-order valence-electron chi connectivity index (χ2n) is 3.69. The summed E-state index contributed by atoms with van der Waals surface area (Å²) in [6, 6.07) is 3.79. The van der Waals surface area contributed by atoms with Crippen molar-refractivity contribution in [3.8, 4) is 0 Å². The van der Waals surface area contributed by atoms with Gasteiger partial charge in [-0.1, -0.05) is 5.16 Å². The molecule has 2 rings (SSSR count). The number of hydrogen-bond acceptors (Lipinski definition) is 6. The minimum Gasteiger partial charge on any atom is -0.364 e. The summed E-state index contributed by atoms with van der Waals surface area (Å²) in [6.07, 6.45) is 1.27. The van der Waals surface area contributed by atoms with Gasteiger partial charge in [0.2, 0.25) is 15.8 Å². The van der Waals surface area contributed by atoms with Gasteiger partial charge in [0.1, 0.15) is 6.26 Å². The number of nitro groups is 1. The van der Waals surface area contributed by atoms with Gasteiger partial charge in [0.05, 0.1) is 22.1 Å². The second-order valence-corrected chi connectivity index (χ2v) is 5.45. The maximum Gasteiger partial charge on any atom is 0.304 e. The van der Waals surface area contributed by atoms with Gasteiger partial charge in [-0.3, -0.25) is 10.1 Å². The molecule has 0 aliphatic heterocycles. The number of rotatable bonds is 5. The van der Waals surface area contributed by atoms with Gasteiger partial charge >= 0.3 is 5.69 Å². The van der Waals surface area contributed by atoms with Crippen LogP contribution in [0.5, 0.6) is 0 Å². The molecule has 1 heterocycles. The molecule has 8 nitrogen and oxygen atoms in total. The lowest BCUT2D eigenvalue weighted by Gasteiger charge is -2.05. The van der Waals surface area contributed by atoms with Gasteiger partial charge in [0, 0.05) is 18.2 Å². The number of aromatic nitrogens is 1. The third kappa shape index (κ3) is 2.97. The maximum absolute atomic E-state index is 13.4. The average molecular weight is 301 g/mol. The van der Waals surface area contributed by atoms with E-state index in [0.29, 0.717) is 11.8 Å². The molecule has 0 spiro atoms. The monoisotopic (exact) mass is 301 g/mol. The summed E-state index contributed by atoms with van der Waals surface area (Å²) >= 11 is 0. The van der Waals surface area contributed by atoms with E-state index < -0.39 is 31.3 Å². The molecule has 1 aromatic heterocycles. The van der Waals surface area contributed by atoms with Crippen molar-refractivity contribution in [2.75, 3.05) is 0 Å². The standard InChI is InChI=1S/C10H8FN3O5S/c11-9-5-8(1-2-10(9)14(15)16)20(17,18)12-6-7-3-4-19-13-7/h1-5,12H,6H2. The molecule has 0 saturated heterocycles. The van der Waals surface area contributed by atoms with Crippen molar-refractivity contribution < 1.29 is 22.3 Å². The van der Waals surface area contributed by atoms with Gasteiger partial charge < -0.3 is 4.52 Å². The molecule has 10 heteroatoms. The van der Waals surface area contributed by atoms with Gasteiger partial charge in [-0.05, 0) is 6.07 Å². The van der Waals surface area contributed by atoms with Crippen LogP contribution >= 0.6 is 0 Å². The van der Waals surface area contributed by atoms with Gasteiger partial charge in [0.25, 0.3) is 0 Å². The number of nitrogens with zero attached hydrogens (tertiary/aromatic N) is 2. The fourth-order valence-corrected chi connectivity index (χ4v) is 2.39. The highest BCUT2D eigenvalue weighted by Crippen LogP contribution is 2.20. The van der Waals surface area contributed by atoms with E-state index in [-0.39, 0.29) is 6.54 Å². The molecule has 0 saturated carbocycles. The Morgan fingerprint density at radius 3 is 2.70 bits per heavy atom. The molecule has 0 atom stereocenters. The SMILES string of the molecule is O=[N+]([O-])c1ccc(S(=O)(=O)NCc2ccon2)cc1F. The molecule has 0 bridgehead atoms. The number of sulfonamides is 1. The van der Waals surface area contributed by atoms with Crippen molar-refractivity contribution in [2.45, 2.75) is 11.4 Å². The number of nitro benzene ring substituents is 1. The third-order valence-corrected chi connectivity index (χ3v) is 3.76. The van der Waals surface area contributed by atoms with Gasteiger partial charge in [-0.25, -0.2) is 13.1 Å². The Balaban J connectivity index is 2.21. The second kappa shape index (κ2) is 5.35. The van der Waals surface area contributed by atoms with E-state index in [4.69, 9.17) is 0 Å². The predicted molar refractivity (Wildman–Crippen MR) is 63.6 cm³/mol. The summed E-state index contributed by atoms with van der Waals surface area (Å²) in [6.45, 7) is -0.141. The summed E-state index contributed by atoms with van der Waals surface area (Å²) in [4.78, 5) is 9.10. The van der Waals surface area contributed by atoms with Crippen molar-refractivity contribution in [1.29, 1.82) is 0 Å². The van der Waals surface area contributed by atoms with Gasteiger partial charge in [-0.15, -0.1) is 0 Å². The summed E-state index contributed by atoms with van der Waals surface area (Å²) in [5.41, 5.74) is -0.448. The van der Waals surface area contributed by atoms with Crippen LogP contribution in [0.4, 0.5) is 10.1 Å². The normalized spacial score (nSPS) is 11.4. The van der Waals surface area contributed by atoms with E-state index in [2.05, 4.69) is 14.4 Å². The minimum absolute atomic E-state index is 0.141. The molecular weight excluding hydrogens is 293 g/mol. The highest BCUT2D eigenvalue weighted by atomic mass is 32.2. The van der Waals surface area contributed by atoms with Crippen LogP contribution < -0.4 is 4.72 Å². The number of hydrogen-bond donors (Lipinski definition) is 1. The van der Waals surface area contributed by atoms with Crippen LogP contribution in [0, 0.1) is 15.9 Å². The molecule has 1 aromatic carbocycles. The van der Waals surface area contributed by atoms with E-state index in [1.807, 2.05) is 0 Å². The Morgan fingerprint density at radius 1 is 1.40 bits per heavy atom. The fourth-order valence-electron chi connectivity index (χ4n) is 1.38. The highest BCUT2D eigenvalue weighted by Gasteiger charge is 2.20. The molecule has 1 N–H and O–H groups in total. The quantitative estimate of drug-likeness (QED) is 0.655. The molecule has 20 heavy (non-hydrogen) atoms. The Hall–Kier alpha value is -2.33. The van der Waals surface area contributed by atoms with Crippen molar-refractivity contribution in [1.82, 2.24) is 9.88 Å². The lowest BCUT2D eigenvalue weighted by molar-refractivity contribution is -0.387. The predicted octanol–water partition coefficient (Wildman–Crippen LogP) is 1.20. The van der Waals surface area contributed by atoms with Crippen LogP contribution in [0.25, 0.3) is 0 Å². The Bertz CT molecular complexity index is 729. The van der Waals surface area contributed by atoms with Crippen LogP contribution in [0.3, 0.4) is 0 Å². The van der Waals surface area contributed by atoms with Crippen LogP contribution in [0.2, 0.25) is 0 Å². The summed E-state index contributed by atoms with van der Waals surface area (Å²) in [7, 11) is -4.00. The summed E-state index contributed by atoms with van der Waals surface area (Å²) in [5.74, 6) is -1.22. The van der Waals surface area contributed by atoms with Crippen LogP contribution in [0.15, 0.2) is 39.9 Å². The lowest BCUT2D eigenvalue weighted by Crippen LogP contribution is -2.23. The molecular formula is C10H8FN3O5S. The Morgan fingerprint density at radius 2 is 2.15 bits per heavy atom. The van der Waals surface area contributed by atoms with E-state index in [1.165, 1.54) is 12.3 Å². The van der Waals surface area contributed by atoms with Crippen LogP contribution in [-0.4, -0.2) is 18.5 Å². The van der Waals surface area contributed by atoms with Crippen LogP contribution in [0.1, 0.15) is 5.69 Å². The van der Waals surface area contributed by atoms with Crippen molar-refractivity contribution in [2.24, 2.45) is 0 Å². The first kappa shape index (κ1) is 14.1. The first-order valence-corrected chi connectivity index (χ1v) is 6.71. The smallest absolute Gasteiger partial charge is 0.304 e. The van der Waals surface area contributed by atoms with Gasteiger partial charge in [-0.2, -0.15) is 4.39 Å². The zero-order valence-electron chi connectivity index (χ0n) is 9.82. The Kier molecular flexibility index (Phi) is 3.77. The molecule has 0 radical (unpaired) electrons. The van der Waals surface area contributed by atoms with Crippen LogP contribution in [-0.2, 0) is 16.6 Å². The zero-order chi connectivity index (χ0) is 14.8. The van der Waals surface area contributed by atoms with E-state index >= 15 is 0 Å². The zero-order valence-corrected chi connectivity index (χ0v) is 10.6. The average Bonchev–Trinajstić information content (AvgIpc) is 2.89. The van der Waals surface area contributed by atoms with Crippen molar-refractivity contribution in [3.05, 3.63) is 52.2 Å². The number of benzene rings is 1. The fraction of sp³-hybridized carbons (Fsp3) is 0.100. The molecule has 0 fully saturated rings. The molecule has 2 aromatic rings. The topological polar surface area (TPSA) is 115 Å². The first-order chi connectivity index (χ1) is 9.40. The van der Waals surface area contributed by atoms with Gasteiger partial charge in [0.15, 0.2) is 0 Å². The maximum atomic E-state index is 13.4. The van der Waals surface area contributed by atoms with E-state index in [1.54, 1.807) is 0 Å². The largest absolute Gasteiger partial charge is 0.364 e. The molecule has 0 aliphatic rings. The number of nitrogens with one attached hydrogen (secondary N) is 1. The Labute approximate surface area is 112 Å². The molecule has 0 aliphatic carbocycles. The molecule has 106 valence electrons. The molecule has 0 amide bonds. The number of halogens is 1. The highest BCUT2D eigenvalue weighted by molar-refractivity contribution is 7.89. The summed E-state index contributed by atoms with van der Waals surface area (Å²) < 4.78 is 43.8. The van der Waals surface area contributed by atoms with E-state index in [0.717, 1.165) is 12.1 Å². The van der Waals surface area contributed by atoms with Crippen molar-refractivity contribution >= 4 is 15.7 Å². The lowest BCUT2D eigenvalue weighted by atomic mass is 10.3. The minimum atomic E-state index is -4.00. The van der Waals surface area contributed by atoms with Crippen molar-refractivity contribution in [3.63, 3.8) is 0 Å². The third-order valence-electron chi connectivity index (χ3n) is 2.36. The molecule has 0 unspecified atom stereocenters. The first-order valence-electron chi connectivity index (χ1n) is 5.23. The summed E-state index contributed by atoms with van der Waals surface area (Å²) in [5, 5.41) is 13.9. The van der Waals surface area contributed by atoms with E-state index in [9.17, 15) is 22.9 Å².